The number of benzene rings is 2. The van der Waals surface area contributed by atoms with Gasteiger partial charge in [-0.25, -0.2) is 15.0 Å². The molecule has 0 aliphatic rings. The molecule has 0 bridgehead atoms. The van der Waals surface area contributed by atoms with Gasteiger partial charge in [-0.2, -0.15) is 13.2 Å². The van der Waals surface area contributed by atoms with Crippen molar-refractivity contribution in [1.29, 1.82) is 0 Å². The van der Waals surface area contributed by atoms with Crippen molar-refractivity contribution in [3.05, 3.63) is 70.8 Å². The topological polar surface area (TPSA) is 65.6 Å². The third kappa shape index (κ3) is 3.21. The van der Waals surface area contributed by atoms with Crippen LogP contribution in [0.3, 0.4) is 0 Å². The van der Waals surface area contributed by atoms with E-state index in [2.05, 4.69) is 15.0 Å². The second-order valence-corrected chi connectivity index (χ2v) is 8.06. The van der Waals surface area contributed by atoms with Gasteiger partial charge in [0, 0.05) is 12.2 Å². The number of nitrogens with zero attached hydrogens (tertiary/aromatic N) is 5. The van der Waals surface area contributed by atoms with Crippen molar-refractivity contribution in [1.82, 2.24) is 24.1 Å². The van der Waals surface area contributed by atoms with Gasteiger partial charge in [0.15, 0.2) is 11.3 Å². The number of hydrogen-bond donors (Lipinski definition) is 0. The zero-order chi connectivity index (χ0) is 22.6. The van der Waals surface area contributed by atoms with Gasteiger partial charge in [0.25, 0.3) is 5.56 Å². The van der Waals surface area contributed by atoms with Crippen molar-refractivity contribution in [3.8, 4) is 5.69 Å². The quantitative estimate of drug-likeness (QED) is 0.400. The lowest BCUT2D eigenvalue weighted by molar-refractivity contribution is -0.137. The van der Waals surface area contributed by atoms with Gasteiger partial charge in [0.2, 0.25) is 0 Å². The first kappa shape index (κ1) is 20.2. The fourth-order valence-corrected chi connectivity index (χ4v) is 3.86. The van der Waals surface area contributed by atoms with Gasteiger partial charge in [-0.3, -0.25) is 13.9 Å². The summed E-state index contributed by atoms with van der Waals surface area (Å²) in [5.74, 6) is 0.204. The molecule has 162 valence electrons. The minimum Gasteiger partial charge on any atom is -0.298 e. The molecule has 9 heteroatoms. The Kier molecular flexibility index (Phi) is 4.51. The van der Waals surface area contributed by atoms with Crippen LogP contribution in [0.15, 0.2) is 59.7 Å². The molecule has 0 fully saturated rings. The van der Waals surface area contributed by atoms with E-state index < -0.39 is 11.7 Å². The molecule has 32 heavy (non-hydrogen) atoms. The van der Waals surface area contributed by atoms with E-state index in [-0.39, 0.29) is 33.8 Å². The van der Waals surface area contributed by atoms with Crippen molar-refractivity contribution >= 4 is 33.2 Å². The summed E-state index contributed by atoms with van der Waals surface area (Å²) in [5.41, 5.74) is 1.07. The minimum absolute atomic E-state index is 0.204. The normalized spacial score (nSPS) is 12.4. The summed E-state index contributed by atoms with van der Waals surface area (Å²) >= 11 is 0. The number of rotatable bonds is 3. The smallest absolute Gasteiger partial charge is 0.298 e. The Morgan fingerprint density at radius 2 is 1.69 bits per heavy atom. The molecule has 0 saturated carbocycles. The first-order valence-corrected chi connectivity index (χ1v) is 10.1. The Balaban J connectivity index is 1.92. The van der Waals surface area contributed by atoms with Gasteiger partial charge in [-0.15, -0.1) is 0 Å². The number of alkyl halides is 3. The minimum atomic E-state index is -4.51. The van der Waals surface area contributed by atoms with Crippen LogP contribution in [0.1, 0.15) is 19.4 Å². The molecule has 0 atom stereocenters. The Hall–Kier alpha value is -3.75. The molecule has 5 aromatic rings. The van der Waals surface area contributed by atoms with Gasteiger partial charge < -0.3 is 0 Å². The average Bonchev–Trinajstić information content (AvgIpc) is 3.07. The molecule has 3 aromatic heterocycles. The van der Waals surface area contributed by atoms with Crippen LogP contribution in [0.5, 0.6) is 0 Å². The Morgan fingerprint density at radius 1 is 0.969 bits per heavy atom. The zero-order valence-electron chi connectivity index (χ0n) is 17.3. The number of aromatic nitrogens is 5. The first-order valence-electron chi connectivity index (χ1n) is 10.1. The van der Waals surface area contributed by atoms with Gasteiger partial charge in [0.05, 0.1) is 22.9 Å². The van der Waals surface area contributed by atoms with E-state index in [9.17, 15) is 18.0 Å². The van der Waals surface area contributed by atoms with Crippen LogP contribution in [0, 0.1) is 5.92 Å². The summed E-state index contributed by atoms with van der Waals surface area (Å²) in [7, 11) is 0. The standard InChI is InChI=1S/C23H18F3N5O/c1-13(2)11-30-12-27-20-18(22(30)32)19-21(29-17-9-4-3-8-16(17)28-19)31(20)15-7-5-6-14(10-15)23(24,25)26/h3-10,12-13H,11H2,1-2H3. The van der Waals surface area contributed by atoms with E-state index in [1.165, 1.54) is 27.6 Å². The monoisotopic (exact) mass is 437 g/mol. The maximum Gasteiger partial charge on any atom is 0.416 e. The zero-order valence-corrected chi connectivity index (χ0v) is 17.3. The highest BCUT2D eigenvalue weighted by Gasteiger charge is 2.31. The van der Waals surface area contributed by atoms with Gasteiger partial charge >= 0.3 is 6.18 Å². The second kappa shape index (κ2) is 7.15. The highest BCUT2D eigenvalue weighted by Crippen LogP contribution is 2.33. The average molecular weight is 437 g/mol. The lowest BCUT2D eigenvalue weighted by atomic mass is 10.2. The molecule has 0 aliphatic carbocycles. The first-order chi connectivity index (χ1) is 15.2. The van der Waals surface area contributed by atoms with Crippen molar-refractivity contribution in [2.45, 2.75) is 26.6 Å². The van der Waals surface area contributed by atoms with E-state index in [4.69, 9.17) is 0 Å². The van der Waals surface area contributed by atoms with E-state index in [0.29, 0.717) is 23.1 Å². The summed E-state index contributed by atoms with van der Waals surface area (Å²) in [6.07, 6.45) is -3.09. The predicted molar refractivity (Wildman–Crippen MR) is 116 cm³/mol. The molecule has 0 saturated heterocycles. The third-order valence-corrected chi connectivity index (χ3v) is 5.22. The molecule has 2 aromatic carbocycles. The second-order valence-electron chi connectivity index (χ2n) is 8.06. The summed E-state index contributed by atoms with van der Waals surface area (Å²) < 4.78 is 43.1. The van der Waals surface area contributed by atoms with Crippen molar-refractivity contribution in [2.75, 3.05) is 0 Å². The fraction of sp³-hybridized carbons (Fsp3) is 0.217. The summed E-state index contributed by atoms with van der Waals surface area (Å²) in [6, 6.07) is 12.0. The van der Waals surface area contributed by atoms with Crippen molar-refractivity contribution < 1.29 is 13.2 Å². The SMILES string of the molecule is CC(C)Cn1cnc2c(c1=O)c1nc3ccccc3nc1n2-c1cccc(C(F)(F)F)c1. The summed E-state index contributed by atoms with van der Waals surface area (Å²) in [4.78, 5) is 27.1. The molecule has 0 amide bonds. The number of para-hydroxylation sites is 2. The molecule has 6 nitrogen and oxygen atoms in total. The van der Waals surface area contributed by atoms with Crippen LogP contribution in [-0.2, 0) is 12.7 Å². The Morgan fingerprint density at radius 3 is 2.38 bits per heavy atom. The van der Waals surface area contributed by atoms with E-state index in [1.54, 1.807) is 18.2 Å². The lowest BCUT2D eigenvalue weighted by Gasteiger charge is -2.11. The van der Waals surface area contributed by atoms with Crippen LogP contribution in [0.25, 0.3) is 38.9 Å². The Labute approximate surface area is 180 Å². The van der Waals surface area contributed by atoms with E-state index >= 15 is 0 Å². The van der Waals surface area contributed by atoms with Crippen molar-refractivity contribution in [3.63, 3.8) is 0 Å². The molecule has 0 N–H and O–H groups in total. The van der Waals surface area contributed by atoms with Gasteiger partial charge in [0.1, 0.15) is 10.9 Å². The van der Waals surface area contributed by atoms with Crippen LogP contribution in [-0.4, -0.2) is 24.1 Å². The maximum atomic E-state index is 13.4. The van der Waals surface area contributed by atoms with Crippen molar-refractivity contribution in [2.24, 2.45) is 5.92 Å². The molecule has 0 unspecified atom stereocenters. The van der Waals surface area contributed by atoms with Crippen LogP contribution in [0.4, 0.5) is 13.2 Å². The van der Waals surface area contributed by atoms with Gasteiger partial charge in [-0.1, -0.05) is 32.0 Å². The van der Waals surface area contributed by atoms with E-state index in [1.807, 2.05) is 19.9 Å². The van der Waals surface area contributed by atoms with Crippen LogP contribution >= 0.6 is 0 Å². The van der Waals surface area contributed by atoms with E-state index in [0.717, 1.165) is 12.1 Å². The van der Waals surface area contributed by atoms with Gasteiger partial charge in [-0.05, 0) is 36.2 Å². The molecule has 0 radical (unpaired) electrons. The van der Waals surface area contributed by atoms with Crippen LogP contribution < -0.4 is 5.56 Å². The highest BCUT2D eigenvalue weighted by molar-refractivity contribution is 6.05. The third-order valence-electron chi connectivity index (χ3n) is 5.22. The molecule has 5 rings (SSSR count). The Bertz CT molecular complexity index is 1550. The largest absolute Gasteiger partial charge is 0.416 e. The highest BCUT2D eigenvalue weighted by atomic mass is 19.4. The molecule has 0 spiro atoms. The summed E-state index contributed by atoms with van der Waals surface area (Å²) in [5, 5.41) is 0.235. The summed E-state index contributed by atoms with van der Waals surface area (Å²) in [6.45, 7) is 4.42. The maximum absolute atomic E-state index is 13.4. The lowest BCUT2D eigenvalue weighted by Crippen LogP contribution is -2.23. The molecule has 3 heterocycles. The molecular formula is C23H18F3N5O. The fourth-order valence-electron chi connectivity index (χ4n) is 3.86. The number of hydrogen-bond acceptors (Lipinski definition) is 4. The predicted octanol–water partition coefficient (Wildman–Crippen LogP) is 4.96. The van der Waals surface area contributed by atoms with Crippen LogP contribution in [0.2, 0.25) is 0 Å². The molecular weight excluding hydrogens is 419 g/mol. The molecule has 0 aliphatic heterocycles. The number of halogens is 3. The number of fused-ring (bicyclic) bond motifs is 4.